The second kappa shape index (κ2) is 13.9. The number of nitrogens with zero attached hydrogens (tertiary/aromatic N) is 1. The molecule has 0 aromatic rings. The van der Waals surface area contributed by atoms with Gasteiger partial charge in [0.05, 0.1) is 13.2 Å². The zero-order chi connectivity index (χ0) is 12.8. The Kier molecular flexibility index (Phi) is 13.8. The maximum atomic E-state index is 5.39. The first kappa shape index (κ1) is 16.8. The molecule has 0 aromatic carbocycles. The third-order valence-corrected chi connectivity index (χ3v) is 2.60. The minimum Gasteiger partial charge on any atom is -0.382 e. The molecule has 0 aromatic heterocycles. The minimum atomic E-state index is 0.696. The van der Waals surface area contributed by atoms with E-state index in [2.05, 4.69) is 24.2 Å². The Morgan fingerprint density at radius 1 is 1.00 bits per heavy atom. The van der Waals surface area contributed by atoms with Gasteiger partial charge in [0, 0.05) is 26.8 Å². The molecule has 0 rings (SSSR count). The van der Waals surface area contributed by atoms with Crippen LogP contribution in [0.15, 0.2) is 0 Å². The Morgan fingerprint density at radius 3 is 2.53 bits per heavy atom. The number of rotatable bonds is 13. The first-order valence-electron chi connectivity index (χ1n) is 6.77. The molecular weight excluding hydrogens is 216 g/mol. The smallest absolute Gasteiger partial charge is 0.0700 e. The maximum Gasteiger partial charge on any atom is 0.0700 e. The third-order valence-electron chi connectivity index (χ3n) is 2.60. The van der Waals surface area contributed by atoms with Gasteiger partial charge in [-0.1, -0.05) is 6.92 Å². The van der Waals surface area contributed by atoms with Gasteiger partial charge in [0.2, 0.25) is 0 Å². The summed E-state index contributed by atoms with van der Waals surface area (Å²) in [5, 5.41) is 3.45. The lowest BCUT2D eigenvalue weighted by atomic mass is 10.3. The third kappa shape index (κ3) is 13.8. The van der Waals surface area contributed by atoms with E-state index in [1.54, 1.807) is 7.11 Å². The Bertz CT molecular complexity index is 145. The predicted molar refractivity (Wildman–Crippen MR) is 72.6 cm³/mol. The summed E-state index contributed by atoms with van der Waals surface area (Å²) in [6.45, 7) is 8.98. The molecule has 0 aliphatic rings. The van der Waals surface area contributed by atoms with Crippen molar-refractivity contribution in [3.8, 4) is 0 Å². The van der Waals surface area contributed by atoms with Crippen molar-refractivity contribution >= 4 is 0 Å². The summed E-state index contributed by atoms with van der Waals surface area (Å²) >= 11 is 0. The molecule has 0 fully saturated rings. The first-order chi connectivity index (χ1) is 8.31. The van der Waals surface area contributed by atoms with E-state index in [9.17, 15) is 0 Å². The van der Waals surface area contributed by atoms with Crippen molar-refractivity contribution in [1.82, 2.24) is 10.2 Å². The van der Waals surface area contributed by atoms with Crippen LogP contribution in [0.25, 0.3) is 0 Å². The quantitative estimate of drug-likeness (QED) is 0.498. The zero-order valence-corrected chi connectivity index (χ0v) is 11.8. The normalized spacial score (nSPS) is 11.3. The van der Waals surface area contributed by atoms with Crippen molar-refractivity contribution in [2.75, 3.05) is 60.2 Å². The summed E-state index contributed by atoms with van der Waals surface area (Å²) in [5.41, 5.74) is 0. The Hall–Kier alpha value is -0.160. The van der Waals surface area contributed by atoms with E-state index in [-0.39, 0.29) is 0 Å². The predicted octanol–water partition coefficient (Wildman–Crippen LogP) is 1.36. The van der Waals surface area contributed by atoms with Crippen molar-refractivity contribution in [3.05, 3.63) is 0 Å². The summed E-state index contributed by atoms with van der Waals surface area (Å²) in [6, 6.07) is 0. The van der Waals surface area contributed by atoms with E-state index < -0.39 is 0 Å². The molecule has 0 saturated carbocycles. The molecule has 17 heavy (non-hydrogen) atoms. The van der Waals surface area contributed by atoms with Crippen LogP contribution in [0.3, 0.4) is 0 Å². The van der Waals surface area contributed by atoms with Crippen LogP contribution in [-0.2, 0) is 9.47 Å². The molecule has 1 N–H and O–H groups in total. The Labute approximate surface area is 107 Å². The number of ether oxygens (including phenoxy) is 2. The van der Waals surface area contributed by atoms with Gasteiger partial charge in [0.15, 0.2) is 0 Å². The number of methoxy groups -OCH3 is 1. The molecule has 104 valence electrons. The molecule has 0 bridgehead atoms. The number of nitrogens with one attached hydrogen (secondary N) is 1. The van der Waals surface area contributed by atoms with Gasteiger partial charge in [-0.3, -0.25) is 0 Å². The number of hydrogen-bond donors (Lipinski definition) is 1. The van der Waals surface area contributed by atoms with Crippen molar-refractivity contribution in [2.24, 2.45) is 0 Å². The van der Waals surface area contributed by atoms with Crippen LogP contribution in [0.5, 0.6) is 0 Å². The van der Waals surface area contributed by atoms with E-state index in [0.29, 0.717) is 13.2 Å². The monoisotopic (exact) mass is 246 g/mol. The van der Waals surface area contributed by atoms with E-state index in [4.69, 9.17) is 9.47 Å². The average molecular weight is 246 g/mol. The standard InChI is InChI=1S/C13H30N2O2/c1-4-9-15(2)10-8-14-7-5-6-11-17-13-12-16-3/h14H,4-13H2,1-3H3. The van der Waals surface area contributed by atoms with Crippen LogP contribution < -0.4 is 5.32 Å². The van der Waals surface area contributed by atoms with Gasteiger partial charge in [-0.15, -0.1) is 0 Å². The Balaban J connectivity index is 2.98. The summed E-state index contributed by atoms with van der Waals surface area (Å²) in [6.07, 6.45) is 3.54. The Morgan fingerprint density at radius 2 is 1.82 bits per heavy atom. The van der Waals surface area contributed by atoms with Crippen LogP contribution in [0.1, 0.15) is 26.2 Å². The van der Waals surface area contributed by atoms with Gasteiger partial charge in [-0.2, -0.15) is 0 Å². The molecule has 0 radical (unpaired) electrons. The van der Waals surface area contributed by atoms with Crippen LogP contribution in [0, 0.1) is 0 Å². The van der Waals surface area contributed by atoms with E-state index in [1.807, 2.05) is 0 Å². The van der Waals surface area contributed by atoms with Gasteiger partial charge in [0.1, 0.15) is 0 Å². The number of unbranched alkanes of at least 4 members (excludes halogenated alkanes) is 1. The highest BCUT2D eigenvalue weighted by Gasteiger charge is 1.95. The average Bonchev–Trinajstić information content (AvgIpc) is 2.32. The van der Waals surface area contributed by atoms with Crippen molar-refractivity contribution in [3.63, 3.8) is 0 Å². The molecule has 0 spiro atoms. The molecule has 0 heterocycles. The fourth-order valence-corrected chi connectivity index (χ4v) is 1.59. The number of likely N-dealkylation sites (N-methyl/N-ethyl adjacent to an activating group) is 1. The van der Waals surface area contributed by atoms with E-state index in [0.717, 1.165) is 32.7 Å². The fraction of sp³-hybridized carbons (Fsp3) is 1.00. The summed E-state index contributed by atoms with van der Waals surface area (Å²) in [7, 11) is 3.87. The summed E-state index contributed by atoms with van der Waals surface area (Å²) in [5.74, 6) is 0. The van der Waals surface area contributed by atoms with Crippen molar-refractivity contribution in [2.45, 2.75) is 26.2 Å². The number of hydrogen-bond acceptors (Lipinski definition) is 4. The summed E-state index contributed by atoms with van der Waals surface area (Å²) in [4.78, 5) is 2.36. The maximum absolute atomic E-state index is 5.39. The lowest BCUT2D eigenvalue weighted by Crippen LogP contribution is -2.30. The highest BCUT2D eigenvalue weighted by Crippen LogP contribution is 1.89. The lowest BCUT2D eigenvalue weighted by Gasteiger charge is -2.15. The molecule has 0 saturated heterocycles. The van der Waals surface area contributed by atoms with Crippen LogP contribution in [-0.4, -0.2) is 65.1 Å². The second-order valence-corrected chi connectivity index (χ2v) is 4.37. The minimum absolute atomic E-state index is 0.696. The molecular formula is C13H30N2O2. The van der Waals surface area contributed by atoms with Crippen LogP contribution >= 0.6 is 0 Å². The van der Waals surface area contributed by atoms with Gasteiger partial charge >= 0.3 is 0 Å². The molecule has 0 aliphatic heterocycles. The highest BCUT2D eigenvalue weighted by atomic mass is 16.5. The van der Waals surface area contributed by atoms with Crippen LogP contribution in [0.4, 0.5) is 0 Å². The van der Waals surface area contributed by atoms with Gasteiger partial charge in [-0.25, -0.2) is 0 Å². The van der Waals surface area contributed by atoms with Gasteiger partial charge in [0.25, 0.3) is 0 Å². The second-order valence-electron chi connectivity index (χ2n) is 4.37. The fourth-order valence-electron chi connectivity index (χ4n) is 1.59. The molecule has 0 amide bonds. The van der Waals surface area contributed by atoms with Crippen molar-refractivity contribution < 1.29 is 9.47 Å². The molecule has 0 aliphatic carbocycles. The lowest BCUT2D eigenvalue weighted by molar-refractivity contribution is 0.0688. The largest absolute Gasteiger partial charge is 0.382 e. The first-order valence-corrected chi connectivity index (χ1v) is 6.77. The van der Waals surface area contributed by atoms with Gasteiger partial charge < -0.3 is 19.7 Å². The summed E-state index contributed by atoms with van der Waals surface area (Å²) < 4.78 is 10.3. The van der Waals surface area contributed by atoms with E-state index >= 15 is 0 Å². The highest BCUT2D eigenvalue weighted by molar-refractivity contribution is 4.54. The topological polar surface area (TPSA) is 33.7 Å². The zero-order valence-electron chi connectivity index (χ0n) is 11.8. The molecule has 4 nitrogen and oxygen atoms in total. The molecule has 0 unspecified atom stereocenters. The molecule has 4 heteroatoms. The van der Waals surface area contributed by atoms with E-state index in [1.165, 1.54) is 19.4 Å². The van der Waals surface area contributed by atoms with Gasteiger partial charge in [-0.05, 0) is 39.4 Å². The molecule has 0 atom stereocenters. The van der Waals surface area contributed by atoms with Crippen LogP contribution in [0.2, 0.25) is 0 Å². The SMILES string of the molecule is CCCN(C)CCNCCCCOCCOC. The van der Waals surface area contributed by atoms with Crippen molar-refractivity contribution in [1.29, 1.82) is 0 Å².